The van der Waals surface area contributed by atoms with Crippen LogP contribution in [0.25, 0.3) is 21.8 Å². The van der Waals surface area contributed by atoms with Gasteiger partial charge < -0.3 is 9.30 Å². The third kappa shape index (κ3) is 2.42. The van der Waals surface area contributed by atoms with Crippen LogP contribution in [0, 0.1) is 6.92 Å². The number of ether oxygens (including phenoxy) is 1. The molecule has 0 bridgehead atoms. The molecule has 0 N–H and O–H groups in total. The second-order valence-corrected chi connectivity index (χ2v) is 6.33. The second kappa shape index (κ2) is 5.84. The molecule has 0 spiro atoms. The molecule has 0 aliphatic rings. The molecule has 0 aliphatic carbocycles. The number of pyridine rings is 1. The summed E-state index contributed by atoms with van der Waals surface area (Å²) in [7, 11) is 1.69. The van der Waals surface area contributed by atoms with Gasteiger partial charge >= 0.3 is 0 Å². The molecule has 4 aromatic rings. The van der Waals surface area contributed by atoms with E-state index < -0.39 is 0 Å². The lowest BCUT2D eigenvalue weighted by atomic mass is 10.1. The van der Waals surface area contributed by atoms with Crippen molar-refractivity contribution >= 4 is 33.4 Å². The van der Waals surface area contributed by atoms with Crippen LogP contribution in [0.3, 0.4) is 0 Å². The zero-order valence-electron chi connectivity index (χ0n) is 13.6. The number of rotatable bonds is 3. The van der Waals surface area contributed by atoms with Gasteiger partial charge in [-0.05, 0) is 42.8 Å². The van der Waals surface area contributed by atoms with E-state index in [-0.39, 0.29) is 0 Å². The molecule has 24 heavy (non-hydrogen) atoms. The largest absolute Gasteiger partial charge is 0.497 e. The van der Waals surface area contributed by atoms with Crippen molar-refractivity contribution in [3.8, 4) is 5.75 Å². The highest BCUT2D eigenvalue weighted by Crippen LogP contribution is 2.33. The summed E-state index contributed by atoms with van der Waals surface area (Å²) in [6, 6.07) is 16.3. The first-order valence-corrected chi connectivity index (χ1v) is 8.21. The van der Waals surface area contributed by atoms with E-state index in [4.69, 9.17) is 16.3 Å². The number of aromatic nitrogens is 2. The molecule has 0 fully saturated rings. The summed E-state index contributed by atoms with van der Waals surface area (Å²) in [5.41, 5.74) is 4.47. The number of methoxy groups -OCH3 is 1. The van der Waals surface area contributed by atoms with E-state index >= 15 is 0 Å². The van der Waals surface area contributed by atoms with E-state index in [1.165, 1.54) is 10.8 Å². The Morgan fingerprint density at radius 3 is 2.75 bits per heavy atom. The van der Waals surface area contributed by atoms with E-state index in [0.29, 0.717) is 0 Å². The summed E-state index contributed by atoms with van der Waals surface area (Å²) < 4.78 is 7.72. The van der Waals surface area contributed by atoms with Crippen LogP contribution in [0.2, 0.25) is 5.02 Å². The molecule has 0 unspecified atom stereocenters. The van der Waals surface area contributed by atoms with Gasteiger partial charge in [-0.15, -0.1) is 0 Å². The number of nitrogens with zero attached hydrogens (tertiary/aromatic N) is 2. The van der Waals surface area contributed by atoms with Crippen LogP contribution in [0.5, 0.6) is 5.75 Å². The van der Waals surface area contributed by atoms with Gasteiger partial charge in [0, 0.05) is 34.6 Å². The smallest absolute Gasteiger partial charge is 0.120 e. The van der Waals surface area contributed by atoms with Crippen molar-refractivity contribution < 1.29 is 4.74 Å². The molecule has 120 valence electrons. The van der Waals surface area contributed by atoms with Gasteiger partial charge in [0.15, 0.2) is 0 Å². The molecule has 2 heterocycles. The van der Waals surface area contributed by atoms with Gasteiger partial charge in [0.25, 0.3) is 0 Å². The number of halogens is 1. The Labute approximate surface area is 145 Å². The minimum absolute atomic E-state index is 0.736. The summed E-state index contributed by atoms with van der Waals surface area (Å²) >= 11 is 6.16. The summed E-state index contributed by atoms with van der Waals surface area (Å²) in [5, 5.41) is 3.17. The quantitative estimate of drug-likeness (QED) is 0.513. The zero-order chi connectivity index (χ0) is 16.7. The van der Waals surface area contributed by atoms with E-state index in [0.717, 1.165) is 39.6 Å². The van der Waals surface area contributed by atoms with E-state index in [2.05, 4.69) is 33.8 Å². The molecule has 2 aromatic heterocycles. The highest BCUT2D eigenvalue weighted by Gasteiger charge is 2.14. The normalized spacial score (nSPS) is 11.3. The van der Waals surface area contributed by atoms with Crippen molar-refractivity contribution in [1.82, 2.24) is 9.55 Å². The van der Waals surface area contributed by atoms with Crippen molar-refractivity contribution in [1.29, 1.82) is 0 Å². The molecule has 4 rings (SSSR count). The Morgan fingerprint density at radius 1 is 1.08 bits per heavy atom. The predicted molar refractivity (Wildman–Crippen MR) is 99.1 cm³/mol. The summed E-state index contributed by atoms with van der Waals surface area (Å²) in [6.45, 7) is 2.78. The number of aryl methyl sites for hydroxylation is 1. The van der Waals surface area contributed by atoms with Crippen molar-refractivity contribution in [3.05, 3.63) is 71.0 Å². The van der Waals surface area contributed by atoms with Crippen LogP contribution in [0.4, 0.5) is 0 Å². The standard InChI is InChI=1S/C20H17ClN2O/c1-13-20-18(8-9-22-13)17-7-6-16(24-2)11-19(17)23(20)12-14-4-3-5-15(21)10-14/h3-11H,12H2,1-2H3. The topological polar surface area (TPSA) is 27.1 Å². The molecular weight excluding hydrogens is 320 g/mol. The Balaban J connectivity index is 2.02. The average Bonchev–Trinajstić information content (AvgIpc) is 2.89. The van der Waals surface area contributed by atoms with E-state index in [1.807, 2.05) is 37.4 Å². The molecule has 3 nitrogen and oxygen atoms in total. The van der Waals surface area contributed by atoms with Gasteiger partial charge in [-0.2, -0.15) is 0 Å². The fraction of sp³-hybridized carbons (Fsp3) is 0.150. The SMILES string of the molecule is COc1ccc2c3ccnc(C)c3n(Cc3cccc(Cl)c3)c2c1. The van der Waals surface area contributed by atoms with Crippen LogP contribution >= 0.6 is 11.6 Å². The highest BCUT2D eigenvalue weighted by molar-refractivity contribution is 6.30. The third-order valence-electron chi connectivity index (χ3n) is 4.39. The van der Waals surface area contributed by atoms with Gasteiger partial charge in [-0.25, -0.2) is 0 Å². The fourth-order valence-electron chi connectivity index (χ4n) is 3.31. The summed E-state index contributed by atoms with van der Waals surface area (Å²) in [4.78, 5) is 4.49. The maximum Gasteiger partial charge on any atom is 0.120 e. The van der Waals surface area contributed by atoms with Crippen molar-refractivity contribution in [3.63, 3.8) is 0 Å². The van der Waals surface area contributed by atoms with Crippen LogP contribution < -0.4 is 4.74 Å². The highest BCUT2D eigenvalue weighted by atomic mass is 35.5. The van der Waals surface area contributed by atoms with E-state index in [9.17, 15) is 0 Å². The van der Waals surface area contributed by atoms with Gasteiger partial charge in [0.05, 0.1) is 23.8 Å². The van der Waals surface area contributed by atoms with Gasteiger partial charge in [0.2, 0.25) is 0 Å². The van der Waals surface area contributed by atoms with E-state index in [1.54, 1.807) is 7.11 Å². The van der Waals surface area contributed by atoms with Gasteiger partial charge in [-0.1, -0.05) is 23.7 Å². The molecule has 0 amide bonds. The second-order valence-electron chi connectivity index (χ2n) is 5.89. The maximum atomic E-state index is 6.16. The monoisotopic (exact) mass is 336 g/mol. The van der Waals surface area contributed by atoms with Crippen LogP contribution in [-0.2, 0) is 6.54 Å². The summed E-state index contributed by atoms with van der Waals surface area (Å²) in [6.07, 6.45) is 1.87. The van der Waals surface area contributed by atoms with Crippen LogP contribution in [-0.4, -0.2) is 16.7 Å². The average molecular weight is 337 g/mol. The Hall–Kier alpha value is -2.52. The third-order valence-corrected chi connectivity index (χ3v) is 4.63. The zero-order valence-corrected chi connectivity index (χ0v) is 14.3. The number of hydrogen-bond acceptors (Lipinski definition) is 2. The Kier molecular flexibility index (Phi) is 3.66. The lowest BCUT2D eigenvalue weighted by Crippen LogP contribution is -2.01. The number of fused-ring (bicyclic) bond motifs is 3. The van der Waals surface area contributed by atoms with Crippen LogP contribution in [0.1, 0.15) is 11.3 Å². The van der Waals surface area contributed by atoms with Crippen molar-refractivity contribution in [2.45, 2.75) is 13.5 Å². The maximum absolute atomic E-state index is 6.16. The Morgan fingerprint density at radius 2 is 1.96 bits per heavy atom. The molecule has 0 saturated carbocycles. The summed E-state index contributed by atoms with van der Waals surface area (Å²) in [5.74, 6) is 0.850. The first-order valence-electron chi connectivity index (χ1n) is 7.83. The first-order chi connectivity index (χ1) is 11.7. The minimum atomic E-state index is 0.736. The number of hydrogen-bond donors (Lipinski definition) is 0. The van der Waals surface area contributed by atoms with Crippen molar-refractivity contribution in [2.75, 3.05) is 7.11 Å². The molecule has 0 saturated heterocycles. The first kappa shape index (κ1) is 15.0. The molecular formula is C20H17ClN2O. The van der Waals surface area contributed by atoms with Gasteiger partial charge in [0.1, 0.15) is 5.75 Å². The fourth-order valence-corrected chi connectivity index (χ4v) is 3.52. The van der Waals surface area contributed by atoms with Gasteiger partial charge in [-0.3, -0.25) is 4.98 Å². The predicted octanol–water partition coefficient (Wildman–Crippen LogP) is 5.21. The van der Waals surface area contributed by atoms with Crippen LogP contribution in [0.15, 0.2) is 54.7 Å². The Bertz CT molecular complexity index is 1050. The number of benzene rings is 2. The minimum Gasteiger partial charge on any atom is -0.497 e. The molecule has 4 heteroatoms. The van der Waals surface area contributed by atoms with Crippen molar-refractivity contribution in [2.24, 2.45) is 0 Å². The lowest BCUT2D eigenvalue weighted by molar-refractivity contribution is 0.415. The molecule has 0 atom stereocenters. The molecule has 0 aliphatic heterocycles. The lowest BCUT2D eigenvalue weighted by Gasteiger charge is -2.10. The molecule has 2 aromatic carbocycles. The molecule has 0 radical (unpaired) electrons.